The highest BCUT2D eigenvalue weighted by Crippen LogP contribution is 2.30. The van der Waals surface area contributed by atoms with Crippen LogP contribution in [0.5, 0.6) is 0 Å². The van der Waals surface area contributed by atoms with Crippen LogP contribution in [-0.2, 0) is 16.4 Å². The van der Waals surface area contributed by atoms with Crippen molar-refractivity contribution in [2.45, 2.75) is 19.0 Å². The Bertz CT molecular complexity index is 700. The minimum Gasteiger partial charge on any atom is -0.294 e. The third-order valence-electron chi connectivity index (χ3n) is 4.04. The van der Waals surface area contributed by atoms with Crippen molar-refractivity contribution in [2.75, 3.05) is 27.2 Å². The summed E-state index contributed by atoms with van der Waals surface area (Å²) in [5, 5.41) is 0. The molecule has 0 unspecified atom stereocenters. The SMILES string of the molecule is CN(C)S(=O)(=O)N1CCC[C@@H](C(=O)c2ccc(C(F)(F)F)cc2)C1. The number of carbonyl (C=O) groups is 1. The molecule has 1 aliphatic rings. The normalized spacial score (nSPS) is 20.3. The molecule has 5 nitrogen and oxygen atoms in total. The van der Waals surface area contributed by atoms with E-state index in [-0.39, 0.29) is 17.9 Å². The van der Waals surface area contributed by atoms with Gasteiger partial charge in [-0.1, -0.05) is 12.1 Å². The predicted octanol–water partition coefficient (Wildman–Crippen LogP) is 2.41. The van der Waals surface area contributed by atoms with Crippen molar-refractivity contribution in [1.82, 2.24) is 8.61 Å². The van der Waals surface area contributed by atoms with Gasteiger partial charge in [-0.3, -0.25) is 4.79 Å². The molecule has 0 aromatic heterocycles. The maximum Gasteiger partial charge on any atom is 0.416 e. The topological polar surface area (TPSA) is 57.7 Å². The minimum atomic E-state index is -4.46. The minimum absolute atomic E-state index is 0.0420. The summed E-state index contributed by atoms with van der Waals surface area (Å²) >= 11 is 0. The van der Waals surface area contributed by atoms with Crippen LogP contribution in [0.1, 0.15) is 28.8 Å². The second kappa shape index (κ2) is 6.81. The van der Waals surface area contributed by atoms with E-state index in [1.54, 1.807) is 0 Å². The van der Waals surface area contributed by atoms with Gasteiger partial charge >= 0.3 is 6.18 Å². The summed E-state index contributed by atoms with van der Waals surface area (Å²) in [5.74, 6) is -0.882. The molecular formula is C15H19F3N2O3S. The third-order valence-corrected chi connectivity index (χ3v) is 5.95. The molecule has 1 aromatic carbocycles. The van der Waals surface area contributed by atoms with Crippen LogP contribution in [0.3, 0.4) is 0 Å². The van der Waals surface area contributed by atoms with Crippen LogP contribution in [0, 0.1) is 5.92 Å². The summed E-state index contributed by atoms with van der Waals surface area (Å²) in [7, 11) is -0.782. The van der Waals surface area contributed by atoms with Gasteiger partial charge in [-0.05, 0) is 25.0 Å². The first kappa shape index (κ1) is 18.9. The largest absolute Gasteiger partial charge is 0.416 e. The molecule has 0 saturated carbocycles. The van der Waals surface area contributed by atoms with Gasteiger partial charge in [-0.15, -0.1) is 0 Å². The fraction of sp³-hybridized carbons (Fsp3) is 0.533. The third kappa shape index (κ3) is 3.96. The first-order chi connectivity index (χ1) is 11.0. The van der Waals surface area contributed by atoms with E-state index in [1.165, 1.54) is 18.4 Å². The van der Waals surface area contributed by atoms with Crippen molar-refractivity contribution in [1.29, 1.82) is 0 Å². The Morgan fingerprint density at radius 3 is 2.29 bits per heavy atom. The lowest BCUT2D eigenvalue weighted by Gasteiger charge is -2.32. The van der Waals surface area contributed by atoms with Gasteiger partial charge < -0.3 is 0 Å². The van der Waals surface area contributed by atoms with Crippen LogP contribution in [0.25, 0.3) is 0 Å². The number of piperidine rings is 1. The molecule has 1 aliphatic heterocycles. The molecule has 0 N–H and O–H groups in total. The number of hydrogen-bond donors (Lipinski definition) is 0. The van der Waals surface area contributed by atoms with Crippen LogP contribution in [0.15, 0.2) is 24.3 Å². The van der Waals surface area contributed by atoms with Gasteiger partial charge in [0.1, 0.15) is 0 Å². The maximum atomic E-state index is 12.6. The molecule has 0 spiro atoms. The zero-order valence-corrected chi connectivity index (χ0v) is 14.2. The van der Waals surface area contributed by atoms with Crippen LogP contribution < -0.4 is 0 Å². The van der Waals surface area contributed by atoms with Gasteiger partial charge in [0.15, 0.2) is 5.78 Å². The predicted molar refractivity (Wildman–Crippen MR) is 82.7 cm³/mol. The molecule has 0 radical (unpaired) electrons. The van der Waals surface area contributed by atoms with E-state index in [0.717, 1.165) is 28.6 Å². The van der Waals surface area contributed by atoms with Gasteiger partial charge in [-0.2, -0.15) is 30.2 Å². The van der Waals surface area contributed by atoms with Crippen molar-refractivity contribution < 1.29 is 26.4 Å². The summed E-state index contributed by atoms with van der Waals surface area (Å²) in [6.07, 6.45) is -3.41. The Morgan fingerprint density at radius 1 is 1.21 bits per heavy atom. The van der Waals surface area contributed by atoms with Gasteiger partial charge in [-0.25, -0.2) is 0 Å². The molecule has 0 aliphatic carbocycles. The summed E-state index contributed by atoms with van der Waals surface area (Å²) < 4.78 is 64.4. The molecule has 1 saturated heterocycles. The summed E-state index contributed by atoms with van der Waals surface area (Å²) in [4.78, 5) is 12.5. The number of hydrogen-bond acceptors (Lipinski definition) is 3. The van der Waals surface area contributed by atoms with Crippen molar-refractivity contribution >= 4 is 16.0 Å². The number of Topliss-reactive ketones (excluding diaryl/α,β-unsaturated/α-hetero) is 1. The number of nitrogens with zero attached hydrogens (tertiary/aromatic N) is 2. The molecule has 0 amide bonds. The number of carbonyl (C=O) groups excluding carboxylic acids is 1. The van der Waals surface area contributed by atoms with Crippen molar-refractivity contribution in [3.8, 4) is 0 Å². The fourth-order valence-electron chi connectivity index (χ4n) is 2.66. The van der Waals surface area contributed by atoms with Gasteiger partial charge in [0.05, 0.1) is 5.56 Å². The smallest absolute Gasteiger partial charge is 0.294 e. The van der Waals surface area contributed by atoms with E-state index in [4.69, 9.17) is 0 Å². The van der Waals surface area contributed by atoms with Crippen molar-refractivity contribution in [2.24, 2.45) is 5.92 Å². The monoisotopic (exact) mass is 364 g/mol. The first-order valence-corrected chi connectivity index (χ1v) is 8.82. The lowest BCUT2D eigenvalue weighted by molar-refractivity contribution is -0.137. The molecule has 24 heavy (non-hydrogen) atoms. The molecule has 134 valence electrons. The van der Waals surface area contributed by atoms with Crippen LogP contribution >= 0.6 is 0 Å². The number of alkyl halides is 3. The van der Waals surface area contributed by atoms with E-state index in [0.29, 0.717) is 19.4 Å². The Morgan fingerprint density at radius 2 is 1.79 bits per heavy atom. The lowest BCUT2D eigenvalue weighted by Crippen LogP contribution is -2.46. The summed E-state index contributed by atoms with van der Waals surface area (Å²) in [5.41, 5.74) is -0.656. The number of benzene rings is 1. The van der Waals surface area contributed by atoms with Crippen molar-refractivity contribution in [3.05, 3.63) is 35.4 Å². The van der Waals surface area contributed by atoms with Gasteiger partial charge in [0.2, 0.25) is 0 Å². The molecule has 1 aromatic rings. The zero-order valence-electron chi connectivity index (χ0n) is 13.4. The highest BCUT2D eigenvalue weighted by molar-refractivity contribution is 7.86. The number of halogens is 3. The Balaban J connectivity index is 2.15. The zero-order chi connectivity index (χ0) is 18.1. The average molecular weight is 364 g/mol. The van der Waals surface area contributed by atoms with Crippen molar-refractivity contribution in [3.63, 3.8) is 0 Å². The second-order valence-electron chi connectivity index (χ2n) is 5.93. The quantitative estimate of drug-likeness (QED) is 0.771. The van der Waals surface area contributed by atoms with Crippen LogP contribution in [0.2, 0.25) is 0 Å². The maximum absolute atomic E-state index is 12.6. The average Bonchev–Trinajstić information content (AvgIpc) is 2.53. The van der Waals surface area contributed by atoms with E-state index < -0.39 is 27.9 Å². The van der Waals surface area contributed by atoms with E-state index in [9.17, 15) is 26.4 Å². The van der Waals surface area contributed by atoms with E-state index in [2.05, 4.69) is 0 Å². The Kier molecular flexibility index (Phi) is 5.36. The molecule has 1 heterocycles. The lowest BCUT2D eigenvalue weighted by atomic mass is 9.90. The molecule has 1 fully saturated rings. The van der Waals surface area contributed by atoms with Crippen LogP contribution in [0.4, 0.5) is 13.2 Å². The standard InChI is InChI=1S/C15H19F3N2O3S/c1-19(2)24(22,23)20-9-3-4-12(10-20)14(21)11-5-7-13(8-6-11)15(16,17)18/h5-8,12H,3-4,9-10H2,1-2H3/t12-/m1/s1. The molecular weight excluding hydrogens is 345 g/mol. The number of ketones is 1. The molecule has 2 rings (SSSR count). The van der Waals surface area contributed by atoms with Gasteiger partial charge in [0, 0.05) is 38.7 Å². The first-order valence-electron chi connectivity index (χ1n) is 7.42. The highest BCUT2D eigenvalue weighted by atomic mass is 32.2. The molecule has 1 atom stereocenters. The molecule has 0 bridgehead atoms. The second-order valence-corrected chi connectivity index (χ2v) is 8.07. The summed E-state index contributed by atoms with van der Waals surface area (Å²) in [6, 6.07) is 4.02. The summed E-state index contributed by atoms with van der Waals surface area (Å²) in [6.45, 7) is 0.373. The van der Waals surface area contributed by atoms with Crippen LogP contribution in [-0.4, -0.2) is 50.0 Å². The molecule has 9 heteroatoms. The number of rotatable bonds is 4. The fourth-order valence-corrected chi connectivity index (χ4v) is 3.85. The van der Waals surface area contributed by atoms with E-state index >= 15 is 0 Å². The van der Waals surface area contributed by atoms with E-state index in [1.807, 2.05) is 0 Å². The Hall–Kier alpha value is -1.45. The van der Waals surface area contributed by atoms with Gasteiger partial charge in [0.25, 0.3) is 10.2 Å². The Labute approximate surface area is 139 Å². The highest BCUT2D eigenvalue weighted by Gasteiger charge is 2.34.